The van der Waals surface area contributed by atoms with Crippen LogP contribution in [0.1, 0.15) is 27.2 Å². The Morgan fingerprint density at radius 1 is 1.31 bits per heavy atom. The van der Waals surface area contributed by atoms with Crippen LogP contribution in [0.3, 0.4) is 0 Å². The molecule has 0 saturated heterocycles. The smallest absolute Gasteiger partial charge is 0.0649 e. The first kappa shape index (κ1) is 18.2. The molecule has 0 spiro atoms. The molecule has 0 radical (unpaired) electrons. The number of nitrogens with two attached hydrogens (primary N) is 2. The van der Waals surface area contributed by atoms with Gasteiger partial charge in [0.2, 0.25) is 0 Å². The summed E-state index contributed by atoms with van der Waals surface area (Å²) in [6.45, 7) is 8.93. The standard InChI is InChI=1S/C7H17NO2.C4H12N2/c1-7(2,3-5-9)10-6-4-8;1-3-6(2)4-5/h9H,3-6,8H2,1-2H3;3-5H2,1-2H3. The third kappa shape index (κ3) is 13.8. The van der Waals surface area contributed by atoms with Gasteiger partial charge in [0, 0.05) is 19.8 Å². The van der Waals surface area contributed by atoms with Gasteiger partial charge < -0.3 is 21.3 Å². The third-order valence-corrected chi connectivity index (χ3v) is 2.18. The lowest BCUT2D eigenvalue weighted by Gasteiger charge is -2.23. The molecule has 0 amide bonds. The molecule has 0 fully saturated rings. The number of hydrogen-bond donors (Lipinski definition) is 3. The summed E-state index contributed by atoms with van der Waals surface area (Å²) in [5.74, 6) is 0. The van der Waals surface area contributed by atoms with Crippen molar-refractivity contribution < 1.29 is 9.84 Å². The highest BCUT2D eigenvalue weighted by Gasteiger charge is 2.16. The van der Waals surface area contributed by atoms with Crippen LogP contribution in [-0.2, 0) is 4.74 Å². The van der Waals surface area contributed by atoms with Crippen LogP contribution in [0.15, 0.2) is 0 Å². The molecule has 0 aliphatic heterocycles. The van der Waals surface area contributed by atoms with E-state index in [1.807, 2.05) is 25.8 Å². The van der Waals surface area contributed by atoms with Crippen LogP contribution >= 0.6 is 0 Å². The van der Waals surface area contributed by atoms with Crippen LogP contribution in [0.5, 0.6) is 0 Å². The SMILES string of the molecule is CC(C)(CCO)OCCN.CCN(C)CN. The molecule has 100 valence electrons. The van der Waals surface area contributed by atoms with Crippen molar-refractivity contribution in [2.45, 2.75) is 32.8 Å². The molecule has 16 heavy (non-hydrogen) atoms. The molecular weight excluding hydrogens is 206 g/mol. The fourth-order valence-electron chi connectivity index (χ4n) is 0.806. The molecule has 5 nitrogen and oxygen atoms in total. The lowest BCUT2D eigenvalue weighted by Crippen LogP contribution is -2.28. The van der Waals surface area contributed by atoms with E-state index in [1.165, 1.54) is 0 Å². The highest BCUT2D eigenvalue weighted by molar-refractivity contribution is 4.67. The second-order valence-electron chi connectivity index (χ2n) is 4.23. The van der Waals surface area contributed by atoms with Gasteiger partial charge in [-0.05, 0) is 33.9 Å². The van der Waals surface area contributed by atoms with E-state index in [0.29, 0.717) is 26.2 Å². The number of nitrogens with zero attached hydrogens (tertiary/aromatic N) is 1. The Kier molecular flexibility index (Phi) is 12.8. The predicted molar refractivity (Wildman–Crippen MR) is 68.1 cm³/mol. The van der Waals surface area contributed by atoms with Crippen molar-refractivity contribution >= 4 is 0 Å². The largest absolute Gasteiger partial charge is 0.396 e. The molecule has 0 rings (SSSR count). The molecule has 0 aromatic carbocycles. The van der Waals surface area contributed by atoms with Crippen molar-refractivity contribution in [3.05, 3.63) is 0 Å². The second-order valence-corrected chi connectivity index (χ2v) is 4.23. The Morgan fingerprint density at radius 3 is 2.12 bits per heavy atom. The molecule has 0 aliphatic carbocycles. The van der Waals surface area contributed by atoms with Gasteiger partial charge in [0.25, 0.3) is 0 Å². The van der Waals surface area contributed by atoms with Crippen LogP contribution in [0.2, 0.25) is 0 Å². The van der Waals surface area contributed by atoms with Crippen molar-refractivity contribution in [3.8, 4) is 0 Å². The number of aliphatic hydroxyl groups is 1. The van der Waals surface area contributed by atoms with Crippen LogP contribution < -0.4 is 11.5 Å². The fraction of sp³-hybridized carbons (Fsp3) is 1.00. The van der Waals surface area contributed by atoms with Gasteiger partial charge in [0.15, 0.2) is 0 Å². The molecule has 0 atom stereocenters. The maximum absolute atomic E-state index is 8.59. The summed E-state index contributed by atoms with van der Waals surface area (Å²) in [6, 6.07) is 0. The quantitative estimate of drug-likeness (QED) is 0.540. The van der Waals surface area contributed by atoms with E-state index in [4.69, 9.17) is 21.3 Å². The molecule has 0 aromatic rings. The Bertz CT molecular complexity index is 139. The Balaban J connectivity index is 0. The monoisotopic (exact) mass is 235 g/mol. The Labute approximate surface area is 99.7 Å². The summed E-state index contributed by atoms with van der Waals surface area (Å²) in [4.78, 5) is 2.03. The second kappa shape index (κ2) is 11.3. The minimum absolute atomic E-state index is 0.164. The van der Waals surface area contributed by atoms with Gasteiger partial charge in [0.1, 0.15) is 0 Å². The average molecular weight is 235 g/mol. The van der Waals surface area contributed by atoms with Gasteiger partial charge in [-0.25, -0.2) is 0 Å². The first-order valence-corrected chi connectivity index (χ1v) is 5.77. The van der Waals surface area contributed by atoms with E-state index in [0.717, 1.165) is 6.54 Å². The van der Waals surface area contributed by atoms with Crippen LogP contribution in [0.25, 0.3) is 0 Å². The maximum atomic E-state index is 8.59. The maximum Gasteiger partial charge on any atom is 0.0649 e. The topological polar surface area (TPSA) is 84.7 Å². The van der Waals surface area contributed by atoms with Crippen molar-refractivity contribution in [2.24, 2.45) is 11.5 Å². The Hall–Kier alpha value is -0.200. The number of rotatable bonds is 7. The van der Waals surface area contributed by atoms with Crippen molar-refractivity contribution in [1.29, 1.82) is 0 Å². The summed E-state index contributed by atoms with van der Waals surface area (Å²) < 4.78 is 5.33. The predicted octanol–water partition coefficient (Wildman–Crippen LogP) is -0.0230. The van der Waals surface area contributed by atoms with Gasteiger partial charge in [0.05, 0.1) is 12.2 Å². The van der Waals surface area contributed by atoms with Crippen molar-refractivity contribution in [3.63, 3.8) is 0 Å². The van der Waals surface area contributed by atoms with E-state index in [-0.39, 0.29) is 12.2 Å². The summed E-state index contributed by atoms with van der Waals surface area (Å²) in [7, 11) is 1.99. The zero-order valence-corrected chi connectivity index (χ0v) is 11.2. The summed E-state index contributed by atoms with van der Waals surface area (Å²) in [6.07, 6.45) is 0.660. The van der Waals surface area contributed by atoms with E-state index in [1.54, 1.807) is 0 Å². The zero-order valence-electron chi connectivity index (χ0n) is 11.2. The molecule has 0 aromatic heterocycles. The Morgan fingerprint density at radius 2 is 1.88 bits per heavy atom. The minimum Gasteiger partial charge on any atom is -0.396 e. The highest BCUT2D eigenvalue weighted by Crippen LogP contribution is 2.12. The molecular formula is C11H29N3O2. The molecule has 5 heteroatoms. The van der Waals surface area contributed by atoms with Crippen LogP contribution in [0, 0.1) is 0 Å². The van der Waals surface area contributed by atoms with E-state index in [2.05, 4.69) is 6.92 Å². The van der Waals surface area contributed by atoms with Gasteiger partial charge in [-0.1, -0.05) is 6.92 Å². The molecule has 0 heterocycles. The number of hydrogen-bond acceptors (Lipinski definition) is 5. The van der Waals surface area contributed by atoms with E-state index >= 15 is 0 Å². The van der Waals surface area contributed by atoms with Crippen molar-refractivity contribution in [1.82, 2.24) is 4.90 Å². The van der Waals surface area contributed by atoms with E-state index in [9.17, 15) is 0 Å². The molecule has 0 saturated carbocycles. The highest BCUT2D eigenvalue weighted by atomic mass is 16.5. The van der Waals surface area contributed by atoms with Crippen molar-refractivity contribution in [2.75, 3.05) is 40.0 Å². The zero-order chi connectivity index (χ0) is 13.0. The van der Waals surface area contributed by atoms with E-state index < -0.39 is 0 Å². The lowest BCUT2D eigenvalue weighted by atomic mass is 10.1. The third-order valence-electron chi connectivity index (χ3n) is 2.18. The number of aliphatic hydroxyl groups excluding tert-OH is 1. The van der Waals surface area contributed by atoms with Gasteiger partial charge >= 0.3 is 0 Å². The first-order valence-electron chi connectivity index (χ1n) is 5.77. The summed E-state index contributed by atoms with van der Waals surface area (Å²) >= 11 is 0. The van der Waals surface area contributed by atoms with Gasteiger partial charge in [-0.2, -0.15) is 0 Å². The average Bonchev–Trinajstić information content (AvgIpc) is 2.26. The molecule has 5 N–H and O–H groups in total. The fourth-order valence-corrected chi connectivity index (χ4v) is 0.806. The molecule has 0 unspecified atom stereocenters. The van der Waals surface area contributed by atoms with Crippen LogP contribution in [-0.4, -0.2) is 55.6 Å². The minimum atomic E-state index is -0.228. The lowest BCUT2D eigenvalue weighted by molar-refractivity contribution is -0.0285. The summed E-state index contributed by atoms with van der Waals surface area (Å²) in [5, 5.41) is 8.59. The van der Waals surface area contributed by atoms with Crippen LogP contribution in [0.4, 0.5) is 0 Å². The summed E-state index contributed by atoms with van der Waals surface area (Å²) in [5.41, 5.74) is 10.2. The molecule has 0 bridgehead atoms. The van der Waals surface area contributed by atoms with Gasteiger partial charge in [-0.15, -0.1) is 0 Å². The molecule has 0 aliphatic rings. The normalized spacial score (nSPS) is 11.2. The first-order chi connectivity index (χ1) is 7.43. The number of ether oxygens (including phenoxy) is 1. The van der Waals surface area contributed by atoms with Gasteiger partial charge in [-0.3, -0.25) is 4.90 Å².